The monoisotopic (exact) mass is 333 g/mol. The molecule has 0 aliphatic carbocycles. The number of hydrogen-bond acceptors (Lipinski definition) is 3. The van der Waals surface area contributed by atoms with Gasteiger partial charge in [0.05, 0.1) is 19.2 Å². The fourth-order valence-corrected chi connectivity index (χ4v) is 3.27. The SMILES string of the molecule is COc1ccc(CC(CN)c2ccc(C)cc2C)c(Cl)c1OC. The van der Waals surface area contributed by atoms with E-state index in [-0.39, 0.29) is 5.92 Å². The highest BCUT2D eigenvalue weighted by Gasteiger charge is 2.18. The minimum atomic E-state index is 0.214. The number of ether oxygens (including phenoxy) is 2. The normalized spacial score (nSPS) is 12.1. The lowest BCUT2D eigenvalue weighted by Crippen LogP contribution is -2.16. The standard InChI is InChI=1S/C19H24ClNO2/c1-12-5-7-16(13(2)9-12)15(11-21)10-14-6-8-17(22-3)19(23-4)18(14)20/h5-9,15H,10-11,21H2,1-4H3. The fraction of sp³-hybridized carbons (Fsp3) is 0.368. The molecule has 0 aromatic heterocycles. The van der Waals surface area contributed by atoms with E-state index in [1.54, 1.807) is 14.2 Å². The highest BCUT2D eigenvalue weighted by molar-refractivity contribution is 6.33. The summed E-state index contributed by atoms with van der Waals surface area (Å²) in [5.41, 5.74) is 10.8. The van der Waals surface area contributed by atoms with Crippen LogP contribution in [-0.4, -0.2) is 20.8 Å². The Morgan fingerprint density at radius 1 is 1.09 bits per heavy atom. The molecule has 0 fully saturated rings. The Morgan fingerprint density at radius 2 is 1.83 bits per heavy atom. The Morgan fingerprint density at radius 3 is 2.39 bits per heavy atom. The molecule has 4 heteroatoms. The smallest absolute Gasteiger partial charge is 0.179 e. The molecule has 3 nitrogen and oxygen atoms in total. The number of aryl methyl sites for hydroxylation is 2. The predicted octanol–water partition coefficient (Wildman–Crippen LogP) is 4.26. The van der Waals surface area contributed by atoms with Gasteiger partial charge in [0.1, 0.15) is 0 Å². The second-order valence-corrected chi connectivity index (χ2v) is 6.15. The van der Waals surface area contributed by atoms with Crippen LogP contribution in [0.2, 0.25) is 5.02 Å². The lowest BCUT2D eigenvalue weighted by Gasteiger charge is -2.20. The molecular formula is C19H24ClNO2. The van der Waals surface area contributed by atoms with Crippen molar-refractivity contribution in [1.29, 1.82) is 0 Å². The summed E-state index contributed by atoms with van der Waals surface area (Å²) in [6.45, 7) is 4.79. The van der Waals surface area contributed by atoms with Crippen LogP contribution in [0.15, 0.2) is 30.3 Å². The zero-order chi connectivity index (χ0) is 17.0. The Bertz CT molecular complexity index is 685. The zero-order valence-electron chi connectivity index (χ0n) is 14.2. The number of benzene rings is 2. The van der Waals surface area contributed by atoms with Gasteiger partial charge in [-0.1, -0.05) is 41.4 Å². The van der Waals surface area contributed by atoms with E-state index in [1.165, 1.54) is 16.7 Å². The van der Waals surface area contributed by atoms with E-state index in [2.05, 4.69) is 32.0 Å². The Kier molecular flexibility index (Phi) is 5.91. The molecule has 0 aliphatic heterocycles. The minimum Gasteiger partial charge on any atom is -0.493 e. The molecule has 2 rings (SSSR count). The molecule has 0 radical (unpaired) electrons. The summed E-state index contributed by atoms with van der Waals surface area (Å²) in [6.07, 6.45) is 0.763. The van der Waals surface area contributed by atoms with Crippen LogP contribution in [0, 0.1) is 13.8 Å². The third-order valence-corrected chi connectivity index (χ3v) is 4.60. The van der Waals surface area contributed by atoms with Gasteiger partial charge in [-0.15, -0.1) is 0 Å². The third-order valence-electron chi connectivity index (χ3n) is 4.18. The van der Waals surface area contributed by atoms with Crippen LogP contribution in [0.1, 0.15) is 28.2 Å². The maximum absolute atomic E-state index is 6.50. The minimum absolute atomic E-state index is 0.214. The number of halogens is 1. The van der Waals surface area contributed by atoms with Gasteiger partial charge in [-0.25, -0.2) is 0 Å². The quantitative estimate of drug-likeness (QED) is 0.859. The van der Waals surface area contributed by atoms with E-state index in [0.717, 1.165) is 12.0 Å². The van der Waals surface area contributed by atoms with Gasteiger partial charge in [0, 0.05) is 5.92 Å². The Hall–Kier alpha value is -1.71. The summed E-state index contributed by atoms with van der Waals surface area (Å²) in [5, 5.41) is 0.593. The van der Waals surface area contributed by atoms with Crippen molar-refractivity contribution in [3.05, 3.63) is 57.6 Å². The molecule has 0 saturated carbocycles. The molecule has 2 N–H and O–H groups in total. The maximum atomic E-state index is 6.50. The van der Waals surface area contributed by atoms with E-state index in [1.807, 2.05) is 12.1 Å². The average molecular weight is 334 g/mol. The molecule has 0 bridgehead atoms. The van der Waals surface area contributed by atoms with E-state index in [0.29, 0.717) is 23.1 Å². The lowest BCUT2D eigenvalue weighted by atomic mass is 9.88. The van der Waals surface area contributed by atoms with Crippen LogP contribution in [0.3, 0.4) is 0 Å². The van der Waals surface area contributed by atoms with Crippen molar-refractivity contribution < 1.29 is 9.47 Å². The van der Waals surface area contributed by atoms with E-state index < -0.39 is 0 Å². The molecule has 0 saturated heterocycles. The van der Waals surface area contributed by atoms with Gasteiger partial charge in [0.2, 0.25) is 0 Å². The second kappa shape index (κ2) is 7.71. The van der Waals surface area contributed by atoms with Crippen molar-refractivity contribution in [2.45, 2.75) is 26.2 Å². The lowest BCUT2D eigenvalue weighted by molar-refractivity contribution is 0.354. The third kappa shape index (κ3) is 3.80. The van der Waals surface area contributed by atoms with Crippen LogP contribution in [0.4, 0.5) is 0 Å². The summed E-state index contributed by atoms with van der Waals surface area (Å²) in [4.78, 5) is 0. The van der Waals surface area contributed by atoms with Crippen molar-refractivity contribution in [2.75, 3.05) is 20.8 Å². The maximum Gasteiger partial charge on any atom is 0.179 e. The largest absolute Gasteiger partial charge is 0.493 e. The summed E-state index contributed by atoms with van der Waals surface area (Å²) < 4.78 is 10.7. The van der Waals surface area contributed by atoms with Gasteiger partial charge < -0.3 is 15.2 Å². The molecule has 0 heterocycles. The van der Waals surface area contributed by atoms with Crippen molar-refractivity contribution in [3.8, 4) is 11.5 Å². The fourth-order valence-electron chi connectivity index (χ4n) is 2.96. The zero-order valence-corrected chi connectivity index (χ0v) is 14.9. The van der Waals surface area contributed by atoms with Gasteiger partial charge in [-0.2, -0.15) is 0 Å². The highest BCUT2D eigenvalue weighted by atomic mass is 35.5. The molecule has 23 heavy (non-hydrogen) atoms. The first-order valence-electron chi connectivity index (χ1n) is 7.68. The molecule has 2 aromatic carbocycles. The van der Waals surface area contributed by atoms with Crippen molar-refractivity contribution in [1.82, 2.24) is 0 Å². The van der Waals surface area contributed by atoms with Gasteiger partial charge in [0.15, 0.2) is 11.5 Å². The molecule has 2 aromatic rings. The van der Waals surface area contributed by atoms with Crippen LogP contribution in [0.25, 0.3) is 0 Å². The summed E-state index contributed by atoms with van der Waals surface area (Å²) >= 11 is 6.50. The number of nitrogens with two attached hydrogens (primary N) is 1. The molecule has 0 spiro atoms. The van der Waals surface area contributed by atoms with E-state index in [4.69, 9.17) is 26.8 Å². The van der Waals surface area contributed by atoms with Crippen LogP contribution < -0.4 is 15.2 Å². The van der Waals surface area contributed by atoms with Crippen LogP contribution >= 0.6 is 11.6 Å². The van der Waals surface area contributed by atoms with Crippen molar-refractivity contribution in [2.24, 2.45) is 5.73 Å². The average Bonchev–Trinajstić information content (AvgIpc) is 2.54. The van der Waals surface area contributed by atoms with Gasteiger partial charge in [-0.05, 0) is 49.6 Å². The first-order chi connectivity index (χ1) is 11.0. The van der Waals surface area contributed by atoms with Gasteiger partial charge >= 0.3 is 0 Å². The predicted molar refractivity (Wildman–Crippen MR) is 96.0 cm³/mol. The van der Waals surface area contributed by atoms with Crippen LogP contribution in [0.5, 0.6) is 11.5 Å². The highest BCUT2D eigenvalue weighted by Crippen LogP contribution is 2.39. The van der Waals surface area contributed by atoms with Gasteiger partial charge in [0.25, 0.3) is 0 Å². The molecule has 0 amide bonds. The summed E-state index contributed by atoms with van der Waals surface area (Å²) in [5.74, 6) is 1.42. The Labute approximate surface area is 143 Å². The molecule has 1 unspecified atom stereocenters. The molecular weight excluding hydrogens is 310 g/mol. The number of methoxy groups -OCH3 is 2. The molecule has 1 atom stereocenters. The number of rotatable bonds is 6. The summed E-state index contributed by atoms with van der Waals surface area (Å²) in [6, 6.07) is 10.3. The summed E-state index contributed by atoms with van der Waals surface area (Å²) in [7, 11) is 3.20. The van der Waals surface area contributed by atoms with Gasteiger partial charge in [-0.3, -0.25) is 0 Å². The van der Waals surface area contributed by atoms with Crippen molar-refractivity contribution >= 4 is 11.6 Å². The van der Waals surface area contributed by atoms with E-state index >= 15 is 0 Å². The van der Waals surface area contributed by atoms with Crippen molar-refractivity contribution in [3.63, 3.8) is 0 Å². The molecule has 124 valence electrons. The molecule has 0 aliphatic rings. The topological polar surface area (TPSA) is 44.5 Å². The number of hydrogen-bond donors (Lipinski definition) is 1. The first-order valence-corrected chi connectivity index (χ1v) is 8.06. The second-order valence-electron chi connectivity index (χ2n) is 5.77. The van der Waals surface area contributed by atoms with E-state index in [9.17, 15) is 0 Å². The van der Waals surface area contributed by atoms with Crippen LogP contribution in [-0.2, 0) is 6.42 Å². The first kappa shape index (κ1) is 17.6. The Balaban J connectivity index is 2.36.